The lowest BCUT2D eigenvalue weighted by Gasteiger charge is -2.43. The van der Waals surface area contributed by atoms with Crippen LogP contribution in [0.25, 0.3) is 10.8 Å². The molecule has 0 spiro atoms. The minimum absolute atomic E-state index is 0.0356. The van der Waals surface area contributed by atoms with Gasteiger partial charge in [-0.3, -0.25) is 28.5 Å². The van der Waals surface area contributed by atoms with Gasteiger partial charge in [0.2, 0.25) is 23.6 Å². The summed E-state index contributed by atoms with van der Waals surface area (Å²) in [6.07, 6.45) is 2.03. The molecule has 7 N–H and O–H groups in total. The number of carbonyl (C=O) groups excluding carboxylic acids is 5. The first-order valence-corrected chi connectivity index (χ1v) is 23.6. The Morgan fingerprint density at radius 3 is 1.84 bits per heavy atom. The van der Waals surface area contributed by atoms with E-state index < -0.39 is 89.5 Å². The molecule has 1 saturated carbocycles. The summed E-state index contributed by atoms with van der Waals surface area (Å²) >= 11 is 0. The molecule has 4 rings (SSSR count). The van der Waals surface area contributed by atoms with E-state index in [1.165, 1.54) is 12.1 Å². The Morgan fingerprint density at radius 1 is 0.750 bits per heavy atom. The van der Waals surface area contributed by atoms with Crippen LogP contribution in [-0.2, 0) is 54.7 Å². The van der Waals surface area contributed by atoms with E-state index in [-0.39, 0.29) is 31.2 Å². The van der Waals surface area contributed by atoms with Gasteiger partial charge in [0.15, 0.2) is 0 Å². The van der Waals surface area contributed by atoms with Gasteiger partial charge in [-0.15, -0.1) is 0 Å². The van der Waals surface area contributed by atoms with E-state index in [1.807, 2.05) is 49.4 Å². The van der Waals surface area contributed by atoms with Crippen LogP contribution in [0.3, 0.4) is 0 Å². The van der Waals surface area contributed by atoms with Gasteiger partial charge in [0, 0.05) is 5.56 Å². The van der Waals surface area contributed by atoms with E-state index in [0.717, 1.165) is 22.8 Å². The molecule has 4 amide bonds. The summed E-state index contributed by atoms with van der Waals surface area (Å²) in [7, 11) is -5.17. The standard InChI is InChI=1S/C48H69N4O11P/c1-11-37(34-22-21-32-17-13-14-18-33(32)28-34)50-42(56)38(30-39(49)53)51-43(57)47(25-15-12-16-26-47)52-41(55)35(29-40(54)61-44(2,3)4)27-31-19-23-36(24-20-31)48(64(58,59)60,62-45(5,6)7)63-46(8,9)10/h13-14,17-24,28,35,37-38H,11-12,15-16,25-27,29-30H2,1-10H3,(H2,49,53)(H,50,56)(H,51,57)(H,52,55)(H2,58,59,60)/t35-,37?,38+/m1/s1. The number of carbonyl (C=O) groups is 5. The summed E-state index contributed by atoms with van der Waals surface area (Å²) in [4.78, 5) is 90.1. The lowest BCUT2D eigenvalue weighted by Crippen LogP contribution is -2.63. The number of benzene rings is 3. The number of hydrogen-bond donors (Lipinski definition) is 6. The van der Waals surface area contributed by atoms with Gasteiger partial charge in [-0.25, -0.2) is 0 Å². The molecule has 1 fully saturated rings. The Balaban J connectivity index is 1.65. The molecule has 352 valence electrons. The zero-order valence-corrected chi connectivity index (χ0v) is 39.9. The molecule has 3 aromatic carbocycles. The lowest BCUT2D eigenvalue weighted by molar-refractivity contribution is -0.279. The molecule has 3 atom stereocenters. The van der Waals surface area contributed by atoms with Gasteiger partial charge < -0.3 is 45.7 Å². The molecule has 1 aliphatic rings. The van der Waals surface area contributed by atoms with Crippen LogP contribution in [0.5, 0.6) is 0 Å². The van der Waals surface area contributed by atoms with Crippen LogP contribution in [0, 0.1) is 5.92 Å². The van der Waals surface area contributed by atoms with Crippen molar-refractivity contribution >= 4 is 48.0 Å². The number of nitrogens with one attached hydrogen (secondary N) is 3. The topological polar surface area (TPSA) is 233 Å². The molecular formula is C48H69N4O11P. The van der Waals surface area contributed by atoms with E-state index in [9.17, 15) is 38.3 Å². The van der Waals surface area contributed by atoms with E-state index >= 15 is 0 Å². The molecule has 64 heavy (non-hydrogen) atoms. The second kappa shape index (κ2) is 20.7. The highest BCUT2D eigenvalue weighted by Gasteiger charge is 2.56. The van der Waals surface area contributed by atoms with Crippen molar-refractivity contribution in [2.24, 2.45) is 11.7 Å². The fourth-order valence-corrected chi connectivity index (χ4v) is 9.23. The predicted octanol–water partition coefficient (Wildman–Crippen LogP) is 7.10. The van der Waals surface area contributed by atoms with Crippen molar-refractivity contribution in [3.05, 3.63) is 83.4 Å². The third kappa shape index (κ3) is 14.4. The SMILES string of the molecule is CCC(NC(=O)[C@H](CC(N)=O)NC(=O)C1(NC(=O)[C@@H](CC(=O)OC(C)(C)C)Cc2ccc(C(OC(C)(C)C)(OC(C)(C)C)P(=O)(O)O)cc2)CCCCC1)c1ccc2ccccc2c1. The summed E-state index contributed by atoms with van der Waals surface area (Å²) in [6, 6.07) is 18.0. The number of primary amides is 1. The molecule has 0 aliphatic heterocycles. The number of esters is 1. The van der Waals surface area contributed by atoms with Crippen LogP contribution >= 0.6 is 7.60 Å². The highest BCUT2D eigenvalue weighted by atomic mass is 31.2. The first-order chi connectivity index (χ1) is 29.6. The van der Waals surface area contributed by atoms with Crippen molar-refractivity contribution in [2.75, 3.05) is 0 Å². The van der Waals surface area contributed by atoms with Crippen LogP contribution in [0.1, 0.15) is 143 Å². The molecule has 0 bridgehead atoms. The highest BCUT2D eigenvalue weighted by molar-refractivity contribution is 7.52. The van der Waals surface area contributed by atoms with Crippen molar-refractivity contribution in [3.8, 4) is 0 Å². The van der Waals surface area contributed by atoms with Crippen LogP contribution in [0.2, 0.25) is 0 Å². The Bertz CT molecular complexity index is 2160. The van der Waals surface area contributed by atoms with Gasteiger partial charge in [0.25, 0.3) is 0 Å². The van der Waals surface area contributed by atoms with Gasteiger partial charge in [-0.05, 0) is 116 Å². The maximum absolute atomic E-state index is 14.5. The van der Waals surface area contributed by atoms with E-state index in [1.54, 1.807) is 74.4 Å². The Labute approximate surface area is 377 Å². The van der Waals surface area contributed by atoms with Gasteiger partial charge in [-0.1, -0.05) is 86.8 Å². The zero-order valence-electron chi connectivity index (χ0n) is 39.0. The second-order valence-corrected chi connectivity index (χ2v) is 21.5. The molecule has 1 aliphatic carbocycles. The summed E-state index contributed by atoms with van der Waals surface area (Å²) in [6.45, 7) is 16.9. The third-order valence-corrected chi connectivity index (χ3v) is 11.9. The second-order valence-electron chi connectivity index (χ2n) is 19.8. The average Bonchev–Trinajstić information content (AvgIpc) is 3.17. The number of hydrogen-bond acceptors (Lipinski definition) is 9. The fourth-order valence-electron chi connectivity index (χ4n) is 7.96. The smallest absolute Gasteiger partial charge is 0.389 e. The molecule has 0 radical (unpaired) electrons. The predicted molar refractivity (Wildman–Crippen MR) is 244 cm³/mol. The number of amides is 4. The zero-order chi connectivity index (χ0) is 47.9. The van der Waals surface area contributed by atoms with E-state index in [2.05, 4.69) is 16.0 Å². The number of rotatable bonds is 18. The molecule has 0 saturated heterocycles. The summed E-state index contributed by atoms with van der Waals surface area (Å²) in [5.41, 5.74) is 0.0716. The van der Waals surface area contributed by atoms with Gasteiger partial charge in [0.05, 0.1) is 36.0 Å². The van der Waals surface area contributed by atoms with Gasteiger partial charge in [-0.2, -0.15) is 0 Å². The highest BCUT2D eigenvalue weighted by Crippen LogP contribution is 2.61. The Kier molecular flexibility index (Phi) is 16.8. The van der Waals surface area contributed by atoms with Gasteiger partial charge in [0.1, 0.15) is 17.2 Å². The van der Waals surface area contributed by atoms with Crippen molar-refractivity contribution in [1.29, 1.82) is 0 Å². The maximum Gasteiger partial charge on any atom is 0.389 e. The summed E-state index contributed by atoms with van der Waals surface area (Å²) < 4.78 is 31.0. The van der Waals surface area contributed by atoms with E-state index in [0.29, 0.717) is 24.8 Å². The number of ether oxygens (including phenoxy) is 3. The lowest BCUT2D eigenvalue weighted by atomic mass is 9.79. The van der Waals surface area contributed by atoms with E-state index in [4.69, 9.17) is 19.9 Å². The molecule has 16 heteroatoms. The van der Waals surface area contributed by atoms with Crippen molar-refractivity contribution < 1.29 is 52.5 Å². The third-order valence-electron chi connectivity index (χ3n) is 10.7. The number of fused-ring (bicyclic) bond motifs is 1. The molecule has 15 nitrogen and oxygen atoms in total. The quantitative estimate of drug-likeness (QED) is 0.0428. The molecule has 0 aromatic heterocycles. The van der Waals surface area contributed by atoms with Crippen molar-refractivity contribution in [1.82, 2.24) is 16.0 Å². The van der Waals surface area contributed by atoms with Crippen LogP contribution < -0.4 is 21.7 Å². The van der Waals surface area contributed by atoms with Crippen LogP contribution in [-0.4, -0.2) is 67.8 Å². The fraction of sp³-hybridized carbons (Fsp3) is 0.562. The first kappa shape index (κ1) is 52.0. The number of nitrogens with two attached hydrogens (primary N) is 1. The molecule has 0 heterocycles. The molecular weight excluding hydrogens is 840 g/mol. The first-order valence-electron chi connectivity index (χ1n) is 22.0. The normalized spacial score (nSPS) is 16.2. The minimum atomic E-state index is -5.17. The van der Waals surface area contributed by atoms with Gasteiger partial charge >= 0.3 is 19.1 Å². The van der Waals surface area contributed by atoms with Crippen LogP contribution in [0.15, 0.2) is 66.7 Å². The maximum atomic E-state index is 14.5. The Hall–Kier alpha value is -4.66. The average molecular weight is 909 g/mol. The Morgan fingerprint density at radius 2 is 1.33 bits per heavy atom. The van der Waals surface area contributed by atoms with Crippen LogP contribution in [0.4, 0.5) is 0 Å². The molecule has 3 aromatic rings. The monoisotopic (exact) mass is 908 g/mol. The van der Waals surface area contributed by atoms with Crippen molar-refractivity contribution in [2.45, 2.75) is 167 Å². The van der Waals surface area contributed by atoms with Crippen molar-refractivity contribution in [3.63, 3.8) is 0 Å². The molecule has 1 unspecified atom stereocenters. The summed E-state index contributed by atoms with van der Waals surface area (Å²) in [5.74, 6) is -4.43. The minimum Gasteiger partial charge on any atom is -0.460 e. The summed E-state index contributed by atoms with van der Waals surface area (Å²) in [5, 5.41) is 10.7. The largest absolute Gasteiger partial charge is 0.460 e.